The fraction of sp³-hybridized carbons (Fsp3) is 0.143. The van der Waals surface area contributed by atoms with E-state index in [1.165, 1.54) is 0 Å². The van der Waals surface area contributed by atoms with E-state index in [-0.39, 0.29) is 5.78 Å². The second-order valence-corrected chi connectivity index (χ2v) is 4.84. The summed E-state index contributed by atoms with van der Waals surface area (Å²) in [6.45, 7) is 3.87. The molecule has 0 aliphatic heterocycles. The smallest absolute Gasteiger partial charge is 0.194 e. The quantitative estimate of drug-likeness (QED) is 0.789. The Morgan fingerprint density at radius 3 is 2.41 bits per heavy atom. The fourth-order valence-electron chi connectivity index (χ4n) is 1.55. The van der Waals surface area contributed by atoms with Crippen LogP contribution in [0.15, 0.2) is 41.0 Å². The van der Waals surface area contributed by atoms with E-state index < -0.39 is 0 Å². The standard InChI is InChI=1S/C14H12BrNO/c1-9-7-11(5-6-13(9)15)14(17)12-4-3-10(2)16-8-12/h3-8H,1-2H3. The molecule has 0 saturated carbocycles. The molecule has 1 aromatic heterocycles. The molecule has 0 saturated heterocycles. The van der Waals surface area contributed by atoms with E-state index in [0.717, 1.165) is 15.7 Å². The second kappa shape index (κ2) is 4.80. The van der Waals surface area contributed by atoms with Gasteiger partial charge < -0.3 is 0 Å². The first-order valence-electron chi connectivity index (χ1n) is 5.31. The molecule has 2 rings (SSSR count). The summed E-state index contributed by atoms with van der Waals surface area (Å²) in [7, 11) is 0. The van der Waals surface area contributed by atoms with Gasteiger partial charge in [0.15, 0.2) is 5.78 Å². The maximum absolute atomic E-state index is 12.2. The Labute approximate surface area is 109 Å². The Kier molecular flexibility index (Phi) is 3.38. The molecule has 17 heavy (non-hydrogen) atoms. The van der Waals surface area contributed by atoms with Crippen LogP contribution in [0.5, 0.6) is 0 Å². The van der Waals surface area contributed by atoms with Crippen LogP contribution in [0.25, 0.3) is 0 Å². The van der Waals surface area contributed by atoms with Crippen molar-refractivity contribution in [3.8, 4) is 0 Å². The molecule has 3 heteroatoms. The summed E-state index contributed by atoms with van der Waals surface area (Å²) in [6, 6.07) is 9.25. The highest BCUT2D eigenvalue weighted by molar-refractivity contribution is 9.10. The third kappa shape index (κ3) is 2.61. The molecule has 0 aliphatic carbocycles. The lowest BCUT2D eigenvalue weighted by Gasteiger charge is -2.04. The van der Waals surface area contributed by atoms with Crippen LogP contribution in [0.2, 0.25) is 0 Å². The van der Waals surface area contributed by atoms with Gasteiger partial charge in [-0.3, -0.25) is 9.78 Å². The van der Waals surface area contributed by atoms with Gasteiger partial charge in [-0.05, 0) is 49.7 Å². The summed E-state index contributed by atoms with van der Waals surface area (Å²) in [6.07, 6.45) is 1.62. The third-order valence-corrected chi connectivity index (χ3v) is 3.48. The largest absolute Gasteiger partial charge is 0.289 e. The number of rotatable bonds is 2. The summed E-state index contributed by atoms with van der Waals surface area (Å²) in [5.41, 5.74) is 3.28. The van der Waals surface area contributed by atoms with E-state index in [0.29, 0.717) is 11.1 Å². The lowest BCUT2D eigenvalue weighted by Crippen LogP contribution is -2.02. The van der Waals surface area contributed by atoms with Gasteiger partial charge in [0, 0.05) is 27.5 Å². The molecule has 0 bridgehead atoms. The summed E-state index contributed by atoms with van der Waals surface area (Å²) < 4.78 is 1.01. The first kappa shape index (κ1) is 12.0. The van der Waals surface area contributed by atoms with E-state index in [1.807, 2.05) is 44.2 Å². The highest BCUT2D eigenvalue weighted by atomic mass is 79.9. The molecule has 0 spiro atoms. The molecule has 0 radical (unpaired) electrons. The normalized spacial score (nSPS) is 10.3. The fourth-order valence-corrected chi connectivity index (χ4v) is 1.80. The number of carbonyl (C=O) groups is 1. The number of pyridine rings is 1. The Bertz CT molecular complexity index is 561. The van der Waals surface area contributed by atoms with Crippen LogP contribution < -0.4 is 0 Å². The topological polar surface area (TPSA) is 30.0 Å². The molecule has 0 amide bonds. The molecule has 1 heterocycles. The van der Waals surface area contributed by atoms with Crippen molar-refractivity contribution in [3.63, 3.8) is 0 Å². The van der Waals surface area contributed by atoms with Gasteiger partial charge in [0.1, 0.15) is 0 Å². The monoisotopic (exact) mass is 289 g/mol. The maximum atomic E-state index is 12.2. The Hall–Kier alpha value is -1.48. The molecule has 0 unspecified atom stereocenters. The number of benzene rings is 1. The van der Waals surface area contributed by atoms with Gasteiger partial charge in [-0.1, -0.05) is 15.9 Å². The van der Waals surface area contributed by atoms with Crippen LogP contribution in [0.1, 0.15) is 27.2 Å². The number of aryl methyl sites for hydroxylation is 2. The van der Waals surface area contributed by atoms with Crippen LogP contribution in [0.4, 0.5) is 0 Å². The highest BCUT2D eigenvalue weighted by Crippen LogP contribution is 2.19. The van der Waals surface area contributed by atoms with E-state index >= 15 is 0 Å². The number of aromatic nitrogens is 1. The molecule has 0 aliphatic rings. The zero-order valence-electron chi connectivity index (χ0n) is 9.70. The van der Waals surface area contributed by atoms with Gasteiger partial charge in [-0.25, -0.2) is 0 Å². The SMILES string of the molecule is Cc1ccc(C(=O)c2ccc(Br)c(C)c2)cn1. The Morgan fingerprint density at radius 2 is 1.82 bits per heavy atom. The Morgan fingerprint density at radius 1 is 1.12 bits per heavy atom. The van der Waals surface area contributed by atoms with Gasteiger partial charge in [0.2, 0.25) is 0 Å². The first-order valence-corrected chi connectivity index (χ1v) is 6.11. The number of halogens is 1. The van der Waals surface area contributed by atoms with Gasteiger partial charge >= 0.3 is 0 Å². The van der Waals surface area contributed by atoms with Crippen molar-refractivity contribution in [2.45, 2.75) is 13.8 Å². The minimum Gasteiger partial charge on any atom is -0.289 e. The van der Waals surface area contributed by atoms with E-state index in [9.17, 15) is 4.79 Å². The summed E-state index contributed by atoms with van der Waals surface area (Å²) in [4.78, 5) is 16.3. The van der Waals surface area contributed by atoms with Crippen LogP contribution in [-0.4, -0.2) is 10.8 Å². The lowest BCUT2D eigenvalue weighted by atomic mass is 10.0. The van der Waals surface area contributed by atoms with Gasteiger partial charge in [-0.2, -0.15) is 0 Å². The van der Waals surface area contributed by atoms with E-state index in [4.69, 9.17) is 0 Å². The van der Waals surface area contributed by atoms with E-state index in [2.05, 4.69) is 20.9 Å². The molecule has 0 fully saturated rings. The van der Waals surface area contributed by atoms with Crippen molar-refractivity contribution in [3.05, 3.63) is 63.4 Å². The van der Waals surface area contributed by atoms with Crippen molar-refractivity contribution in [1.82, 2.24) is 4.98 Å². The van der Waals surface area contributed by atoms with Crippen LogP contribution in [0, 0.1) is 13.8 Å². The van der Waals surface area contributed by atoms with Crippen molar-refractivity contribution < 1.29 is 4.79 Å². The van der Waals surface area contributed by atoms with Crippen molar-refractivity contribution in [1.29, 1.82) is 0 Å². The minimum absolute atomic E-state index is 0.00750. The third-order valence-electron chi connectivity index (χ3n) is 2.59. The number of hydrogen-bond donors (Lipinski definition) is 0. The number of ketones is 1. The number of hydrogen-bond acceptors (Lipinski definition) is 2. The predicted molar refractivity (Wildman–Crippen MR) is 71.3 cm³/mol. The average Bonchev–Trinajstić information content (AvgIpc) is 2.33. The average molecular weight is 290 g/mol. The van der Waals surface area contributed by atoms with Crippen molar-refractivity contribution >= 4 is 21.7 Å². The number of nitrogens with zero attached hydrogens (tertiary/aromatic N) is 1. The first-order chi connectivity index (χ1) is 8.08. The van der Waals surface area contributed by atoms with Gasteiger partial charge in [0.25, 0.3) is 0 Å². The molecule has 0 atom stereocenters. The minimum atomic E-state index is 0.00750. The van der Waals surface area contributed by atoms with Crippen LogP contribution >= 0.6 is 15.9 Å². The van der Waals surface area contributed by atoms with E-state index in [1.54, 1.807) is 6.20 Å². The Balaban J connectivity index is 2.37. The summed E-state index contributed by atoms with van der Waals surface area (Å²) in [5.74, 6) is 0.00750. The predicted octanol–water partition coefficient (Wildman–Crippen LogP) is 3.69. The molecular weight excluding hydrogens is 278 g/mol. The summed E-state index contributed by atoms with van der Waals surface area (Å²) >= 11 is 3.42. The lowest BCUT2D eigenvalue weighted by molar-refractivity contribution is 0.103. The molecule has 86 valence electrons. The zero-order valence-corrected chi connectivity index (χ0v) is 11.3. The molecule has 0 N–H and O–H groups in total. The van der Waals surface area contributed by atoms with Crippen LogP contribution in [-0.2, 0) is 0 Å². The molecule has 2 nitrogen and oxygen atoms in total. The van der Waals surface area contributed by atoms with Gasteiger partial charge in [0.05, 0.1) is 0 Å². The molecule has 1 aromatic carbocycles. The van der Waals surface area contributed by atoms with Gasteiger partial charge in [-0.15, -0.1) is 0 Å². The van der Waals surface area contributed by atoms with Crippen molar-refractivity contribution in [2.75, 3.05) is 0 Å². The molecular formula is C14H12BrNO. The van der Waals surface area contributed by atoms with Crippen molar-refractivity contribution in [2.24, 2.45) is 0 Å². The second-order valence-electron chi connectivity index (χ2n) is 3.98. The highest BCUT2D eigenvalue weighted by Gasteiger charge is 2.10. The number of carbonyl (C=O) groups excluding carboxylic acids is 1. The van der Waals surface area contributed by atoms with Crippen LogP contribution in [0.3, 0.4) is 0 Å². The molecule has 2 aromatic rings. The zero-order chi connectivity index (χ0) is 12.4. The maximum Gasteiger partial charge on any atom is 0.194 e. The summed E-state index contributed by atoms with van der Waals surface area (Å²) in [5, 5.41) is 0.